The van der Waals surface area contributed by atoms with Crippen molar-refractivity contribution in [1.82, 2.24) is 4.98 Å². The lowest BCUT2D eigenvalue weighted by atomic mass is 9.82. The summed E-state index contributed by atoms with van der Waals surface area (Å²) in [6.07, 6.45) is 0. The van der Waals surface area contributed by atoms with Crippen molar-refractivity contribution < 1.29 is 4.57 Å². The van der Waals surface area contributed by atoms with Gasteiger partial charge in [-0.05, 0) is 23.1 Å². The second-order valence-corrected chi connectivity index (χ2v) is 9.97. The van der Waals surface area contributed by atoms with Gasteiger partial charge in [0.1, 0.15) is 11.2 Å². The summed E-state index contributed by atoms with van der Waals surface area (Å²) < 4.78 is 2.47. The van der Waals surface area contributed by atoms with Gasteiger partial charge in [0.2, 0.25) is 11.2 Å². The van der Waals surface area contributed by atoms with Crippen molar-refractivity contribution >= 4 is 11.0 Å². The average molecular weight is 396 g/mol. The summed E-state index contributed by atoms with van der Waals surface area (Å²) in [5, 5.41) is 0. The van der Waals surface area contributed by atoms with E-state index >= 15 is 0 Å². The molecule has 0 aliphatic heterocycles. The highest BCUT2D eigenvalue weighted by molar-refractivity contribution is 5.83. The maximum atomic E-state index is 5.20. The van der Waals surface area contributed by atoms with Crippen LogP contribution in [0.1, 0.15) is 47.1 Å². The Balaban J connectivity index is 2.24. The second kappa shape index (κ2) is 7.36. The van der Waals surface area contributed by atoms with Crippen molar-refractivity contribution in [2.24, 2.45) is 0 Å². The maximum absolute atomic E-state index is 5.20. The van der Waals surface area contributed by atoms with Gasteiger partial charge in [0.15, 0.2) is 5.54 Å². The molecule has 0 bridgehead atoms. The third-order valence-corrected chi connectivity index (χ3v) is 5.51. The standard InChI is InChI=1S/C28H31N2/c1-27(2,3)22-17-11-10-16-21(22)26-25(20-14-8-7-9-15-20)29-23-18-12-13-19-24(23)30(26)28(4,5)6/h7-19H,1-6H3/q+1. The van der Waals surface area contributed by atoms with Crippen LogP contribution in [-0.2, 0) is 11.0 Å². The zero-order chi connectivity index (χ0) is 21.5. The average Bonchev–Trinajstić information content (AvgIpc) is 2.71. The number of benzene rings is 3. The van der Waals surface area contributed by atoms with Crippen LogP contribution in [0.25, 0.3) is 33.5 Å². The highest BCUT2D eigenvalue weighted by Gasteiger charge is 2.35. The molecule has 0 amide bonds. The molecule has 4 rings (SSSR count). The van der Waals surface area contributed by atoms with Crippen LogP contribution in [0.4, 0.5) is 0 Å². The zero-order valence-corrected chi connectivity index (χ0v) is 18.9. The number of hydrogen-bond acceptors (Lipinski definition) is 1. The van der Waals surface area contributed by atoms with Crippen molar-refractivity contribution in [2.75, 3.05) is 0 Å². The molecular weight excluding hydrogens is 364 g/mol. The zero-order valence-electron chi connectivity index (χ0n) is 18.9. The van der Waals surface area contributed by atoms with E-state index in [1.807, 2.05) is 0 Å². The summed E-state index contributed by atoms with van der Waals surface area (Å²) in [6, 6.07) is 27.8. The van der Waals surface area contributed by atoms with Gasteiger partial charge in [-0.25, -0.2) is 4.98 Å². The molecule has 2 heteroatoms. The SMILES string of the molecule is CC(C)(C)c1ccccc1-c1c(-c2ccccc2)nc2ccccc2[n+]1C(C)(C)C. The van der Waals surface area contributed by atoms with Crippen LogP contribution in [-0.4, -0.2) is 4.98 Å². The minimum absolute atomic E-state index is 0.0198. The third-order valence-electron chi connectivity index (χ3n) is 5.51. The molecule has 1 heterocycles. The first-order chi connectivity index (χ1) is 14.2. The van der Waals surface area contributed by atoms with Crippen molar-refractivity contribution in [2.45, 2.75) is 52.5 Å². The second-order valence-electron chi connectivity index (χ2n) is 9.97. The Kier molecular flexibility index (Phi) is 4.97. The highest BCUT2D eigenvalue weighted by Crippen LogP contribution is 2.37. The van der Waals surface area contributed by atoms with E-state index in [4.69, 9.17) is 4.98 Å². The Labute approximate surface area is 180 Å². The first kappa shape index (κ1) is 20.3. The summed E-state index contributed by atoms with van der Waals surface area (Å²) in [5.74, 6) is 0. The van der Waals surface area contributed by atoms with Gasteiger partial charge in [0.05, 0.1) is 5.56 Å². The number of aromatic nitrogens is 2. The van der Waals surface area contributed by atoms with E-state index in [0.29, 0.717) is 0 Å². The number of para-hydroxylation sites is 2. The lowest BCUT2D eigenvalue weighted by molar-refractivity contribution is -0.720. The molecule has 0 saturated carbocycles. The molecule has 0 atom stereocenters. The molecule has 4 aromatic rings. The predicted molar refractivity (Wildman–Crippen MR) is 127 cm³/mol. The molecule has 0 saturated heterocycles. The number of rotatable bonds is 2. The van der Waals surface area contributed by atoms with Crippen LogP contribution in [0.5, 0.6) is 0 Å². The lowest BCUT2D eigenvalue weighted by Crippen LogP contribution is -2.53. The highest BCUT2D eigenvalue weighted by atomic mass is 15.1. The monoisotopic (exact) mass is 395 g/mol. The largest absolute Gasteiger partial charge is 0.240 e. The minimum atomic E-state index is -0.119. The number of fused-ring (bicyclic) bond motifs is 1. The molecule has 0 spiro atoms. The molecule has 1 aromatic heterocycles. The van der Waals surface area contributed by atoms with Crippen LogP contribution in [0.2, 0.25) is 0 Å². The third kappa shape index (κ3) is 3.63. The van der Waals surface area contributed by atoms with E-state index in [0.717, 1.165) is 22.3 Å². The molecule has 3 aromatic carbocycles. The molecule has 0 radical (unpaired) electrons. The fourth-order valence-corrected chi connectivity index (χ4v) is 4.23. The van der Waals surface area contributed by atoms with Crippen molar-refractivity contribution in [3.63, 3.8) is 0 Å². The van der Waals surface area contributed by atoms with Gasteiger partial charge in [0.25, 0.3) is 0 Å². The van der Waals surface area contributed by atoms with Crippen molar-refractivity contribution in [1.29, 1.82) is 0 Å². The summed E-state index contributed by atoms with van der Waals surface area (Å²) in [7, 11) is 0. The van der Waals surface area contributed by atoms with Gasteiger partial charge in [-0.2, -0.15) is 4.57 Å². The van der Waals surface area contributed by atoms with Crippen LogP contribution in [0.3, 0.4) is 0 Å². The normalized spacial score (nSPS) is 12.3. The van der Waals surface area contributed by atoms with Gasteiger partial charge in [-0.1, -0.05) is 81.4 Å². The van der Waals surface area contributed by atoms with Crippen LogP contribution in [0, 0.1) is 0 Å². The van der Waals surface area contributed by atoms with E-state index in [9.17, 15) is 0 Å². The molecule has 0 unspecified atom stereocenters. The first-order valence-corrected chi connectivity index (χ1v) is 10.7. The number of nitrogens with zero attached hydrogens (tertiary/aromatic N) is 2. The van der Waals surface area contributed by atoms with Gasteiger partial charge in [-0.3, -0.25) is 0 Å². The summed E-state index contributed by atoms with van der Waals surface area (Å²) in [4.78, 5) is 5.20. The Bertz CT molecular complexity index is 1190. The van der Waals surface area contributed by atoms with Gasteiger partial charge >= 0.3 is 0 Å². The Morgan fingerprint density at radius 1 is 0.667 bits per heavy atom. The molecule has 2 nitrogen and oxygen atoms in total. The quantitative estimate of drug-likeness (QED) is 0.337. The summed E-state index contributed by atoms with van der Waals surface area (Å²) in [6.45, 7) is 13.7. The van der Waals surface area contributed by atoms with Gasteiger partial charge in [-0.15, -0.1) is 0 Å². The minimum Gasteiger partial charge on any atom is -0.234 e. The van der Waals surface area contributed by atoms with Gasteiger partial charge < -0.3 is 0 Å². The van der Waals surface area contributed by atoms with Crippen LogP contribution in [0.15, 0.2) is 78.9 Å². The molecular formula is C28H31N2+. The molecule has 0 aliphatic rings. The van der Waals surface area contributed by atoms with E-state index in [-0.39, 0.29) is 11.0 Å². The molecule has 152 valence electrons. The summed E-state index contributed by atoms with van der Waals surface area (Å²) in [5.41, 5.74) is 8.00. The fraction of sp³-hybridized carbons (Fsp3) is 0.286. The predicted octanol–water partition coefficient (Wildman–Crippen LogP) is 6.91. The van der Waals surface area contributed by atoms with E-state index in [1.54, 1.807) is 0 Å². The van der Waals surface area contributed by atoms with Crippen molar-refractivity contribution in [3.05, 3.63) is 84.4 Å². The van der Waals surface area contributed by atoms with Gasteiger partial charge in [0, 0.05) is 32.4 Å². The summed E-state index contributed by atoms with van der Waals surface area (Å²) >= 11 is 0. The topological polar surface area (TPSA) is 16.8 Å². The Morgan fingerprint density at radius 3 is 1.93 bits per heavy atom. The Morgan fingerprint density at radius 2 is 1.27 bits per heavy atom. The molecule has 0 fully saturated rings. The van der Waals surface area contributed by atoms with Crippen LogP contribution < -0.4 is 4.57 Å². The van der Waals surface area contributed by atoms with E-state index in [1.165, 1.54) is 16.8 Å². The fourth-order valence-electron chi connectivity index (χ4n) is 4.23. The molecule has 0 aliphatic carbocycles. The lowest BCUT2D eigenvalue weighted by Gasteiger charge is -2.26. The first-order valence-electron chi connectivity index (χ1n) is 10.7. The van der Waals surface area contributed by atoms with E-state index in [2.05, 4.69) is 125 Å². The maximum Gasteiger partial charge on any atom is 0.240 e. The molecule has 30 heavy (non-hydrogen) atoms. The van der Waals surface area contributed by atoms with E-state index < -0.39 is 0 Å². The number of hydrogen-bond donors (Lipinski definition) is 0. The van der Waals surface area contributed by atoms with Crippen LogP contribution >= 0.6 is 0 Å². The van der Waals surface area contributed by atoms with Crippen molar-refractivity contribution in [3.8, 4) is 22.5 Å². The molecule has 0 N–H and O–H groups in total. The smallest absolute Gasteiger partial charge is 0.234 e. The Hall–Kier alpha value is -3.00.